The summed E-state index contributed by atoms with van der Waals surface area (Å²) < 4.78 is 10.9. The van der Waals surface area contributed by atoms with Gasteiger partial charge in [-0.25, -0.2) is 0 Å². The number of nitro groups is 1. The maximum atomic E-state index is 11.3. The van der Waals surface area contributed by atoms with Crippen molar-refractivity contribution in [3.05, 3.63) is 22.2 Å². The number of hydrogen-bond acceptors (Lipinski definition) is 7. The van der Waals surface area contributed by atoms with Gasteiger partial charge in [-0.1, -0.05) is 0 Å². The molecule has 0 atom stereocenters. The predicted octanol–water partition coefficient (Wildman–Crippen LogP) is 3.61. The Hall–Kier alpha value is -1.93. The Bertz CT molecular complexity index is 668. The molecular formula is C20H32N4O4. The molecule has 156 valence electrons. The van der Waals surface area contributed by atoms with Gasteiger partial charge in [-0.15, -0.1) is 0 Å². The van der Waals surface area contributed by atoms with Crippen LogP contribution in [0.3, 0.4) is 0 Å². The third-order valence-corrected chi connectivity index (χ3v) is 6.27. The van der Waals surface area contributed by atoms with Gasteiger partial charge < -0.3 is 14.8 Å². The highest BCUT2D eigenvalue weighted by atomic mass is 16.6. The predicted molar refractivity (Wildman–Crippen MR) is 108 cm³/mol. The first-order valence-electron chi connectivity index (χ1n) is 10.3. The SMILES string of the molecule is CCOC1CCC(C)(N2CCC(Nc3nc(OC)ccc3[N+](=O)[O-])CC2)CC1. The summed E-state index contributed by atoms with van der Waals surface area (Å²) in [6, 6.07) is 3.14. The molecule has 2 fully saturated rings. The smallest absolute Gasteiger partial charge is 0.311 e. The van der Waals surface area contributed by atoms with E-state index in [1.165, 1.54) is 32.1 Å². The summed E-state index contributed by atoms with van der Waals surface area (Å²) in [4.78, 5) is 17.8. The maximum Gasteiger partial charge on any atom is 0.311 e. The Balaban J connectivity index is 1.57. The van der Waals surface area contributed by atoms with E-state index < -0.39 is 4.92 Å². The number of methoxy groups -OCH3 is 1. The van der Waals surface area contributed by atoms with Crippen LogP contribution in [0.5, 0.6) is 5.88 Å². The fraction of sp³-hybridized carbons (Fsp3) is 0.750. The number of nitrogens with zero attached hydrogens (tertiary/aromatic N) is 3. The highest BCUT2D eigenvalue weighted by Gasteiger charge is 2.38. The molecule has 0 unspecified atom stereocenters. The molecule has 1 aromatic heterocycles. The Morgan fingerprint density at radius 2 is 1.96 bits per heavy atom. The van der Waals surface area contributed by atoms with Crippen molar-refractivity contribution >= 4 is 11.5 Å². The van der Waals surface area contributed by atoms with Crippen LogP contribution in [0.4, 0.5) is 11.5 Å². The molecule has 1 N–H and O–H groups in total. The second-order valence-corrected chi connectivity index (χ2v) is 8.04. The molecule has 28 heavy (non-hydrogen) atoms. The molecule has 0 amide bonds. The van der Waals surface area contributed by atoms with Gasteiger partial charge in [0.15, 0.2) is 0 Å². The Kier molecular flexibility index (Phi) is 6.72. The highest BCUT2D eigenvalue weighted by Crippen LogP contribution is 2.37. The van der Waals surface area contributed by atoms with E-state index in [4.69, 9.17) is 9.47 Å². The van der Waals surface area contributed by atoms with E-state index in [1.807, 2.05) is 0 Å². The van der Waals surface area contributed by atoms with Gasteiger partial charge in [0, 0.05) is 43.4 Å². The minimum absolute atomic E-state index is 0.00978. The number of pyridine rings is 1. The molecule has 2 heterocycles. The van der Waals surface area contributed by atoms with Crippen LogP contribution in [0.25, 0.3) is 0 Å². The lowest BCUT2D eigenvalue weighted by Gasteiger charge is -2.48. The van der Waals surface area contributed by atoms with Gasteiger partial charge in [-0.3, -0.25) is 15.0 Å². The zero-order valence-electron chi connectivity index (χ0n) is 17.1. The second-order valence-electron chi connectivity index (χ2n) is 8.04. The second kappa shape index (κ2) is 9.05. The van der Waals surface area contributed by atoms with Gasteiger partial charge in [0.05, 0.1) is 18.1 Å². The molecule has 8 heteroatoms. The molecule has 8 nitrogen and oxygen atoms in total. The van der Waals surface area contributed by atoms with E-state index in [-0.39, 0.29) is 17.3 Å². The summed E-state index contributed by atoms with van der Waals surface area (Å²) in [5.41, 5.74) is 0.225. The number of anilines is 1. The molecule has 3 rings (SSSR count). The Morgan fingerprint density at radius 1 is 1.29 bits per heavy atom. The first-order chi connectivity index (χ1) is 13.4. The van der Waals surface area contributed by atoms with Crippen LogP contribution in [0, 0.1) is 10.1 Å². The number of hydrogen-bond donors (Lipinski definition) is 1. The van der Waals surface area contributed by atoms with Crippen molar-refractivity contribution < 1.29 is 14.4 Å². The largest absolute Gasteiger partial charge is 0.481 e. The van der Waals surface area contributed by atoms with Crippen molar-refractivity contribution in [1.82, 2.24) is 9.88 Å². The molecule has 1 aromatic rings. The molecule has 1 saturated carbocycles. The normalized spacial score (nSPS) is 26.8. The van der Waals surface area contributed by atoms with Gasteiger partial charge in [0.1, 0.15) is 0 Å². The van der Waals surface area contributed by atoms with Gasteiger partial charge in [0.25, 0.3) is 0 Å². The molecule has 2 aliphatic rings. The van der Waals surface area contributed by atoms with E-state index in [1.54, 1.807) is 0 Å². The first-order valence-corrected chi connectivity index (χ1v) is 10.3. The first kappa shape index (κ1) is 20.8. The van der Waals surface area contributed by atoms with Crippen molar-refractivity contribution in [3.63, 3.8) is 0 Å². The van der Waals surface area contributed by atoms with Crippen molar-refractivity contribution in [2.75, 3.05) is 32.1 Å². The summed E-state index contributed by atoms with van der Waals surface area (Å²) in [7, 11) is 1.51. The third-order valence-electron chi connectivity index (χ3n) is 6.27. The number of aromatic nitrogens is 1. The number of ether oxygens (including phenoxy) is 2. The number of piperidine rings is 1. The van der Waals surface area contributed by atoms with Crippen LogP contribution >= 0.6 is 0 Å². The van der Waals surface area contributed by atoms with Crippen molar-refractivity contribution in [2.24, 2.45) is 0 Å². The zero-order valence-corrected chi connectivity index (χ0v) is 17.1. The molecule has 1 aliphatic carbocycles. The molecule has 1 saturated heterocycles. The summed E-state index contributed by atoms with van der Waals surface area (Å²) in [6.07, 6.45) is 6.89. The number of rotatable bonds is 7. The van der Waals surface area contributed by atoms with Gasteiger partial charge in [-0.05, 0) is 52.4 Å². The monoisotopic (exact) mass is 392 g/mol. The lowest BCUT2D eigenvalue weighted by atomic mass is 9.79. The molecule has 1 aliphatic heterocycles. The molecule has 0 spiro atoms. The molecule has 0 radical (unpaired) electrons. The molecule has 0 bridgehead atoms. The van der Waals surface area contributed by atoms with Crippen LogP contribution in [-0.2, 0) is 4.74 Å². The lowest BCUT2D eigenvalue weighted by molar-refractivity contribution is -0.384. The Labute approximate surface area is 166 Å². The maximum absolute atomic E-state index is 11.3. The fourth-order valence-corrected chi connectivity index (χ4v) is 4.49. The number of likely N-dealkylation sites (tertiary alicyclic amines) is 1. The van der Waals surface area contributed by atoms with Crippen LogP contribution in [0.15, 0.2) is 12.1 Å². The molecular weight excluding hydrogens is 360 g/mol. The van der Waals surface area contributed by atoms with E-state index in [2.05, 4.69) is 29.0 Å². The number of nitrogens with one attached hydrogen (secondary N) is 1. The van der Waals surface area contributed by atoms with E-state index in [0.717, 1.165) is 45.4 Å². The van der Waals surface area contributed by atoms with Crippen LogP contribution in [0.1, 0.15) is 52.4 Å². The van der Waals surface area contributed by atoms with E-state index in [9.17, 15) is 10.1 Å². The fourth-order valence-electron chi connectivity index (χ4n) is 4.49. The van der Waals surface area contributed by atoms with E-state index in [0.29, 0.717) is 17.8 Å². The van der Waals surface area contributed by atoms with Gasteiger partial charge >= 0.3 is 5.69 Å². The van der Waals surface area contributed by atoms with Crippen molar-refractivity contribution in [2.45, 2.75) is 70.1 Å². The van der Waals surface area contributed by atoms with Gasteiger partial charge in [0.2, 0.25) is 11.7 Å². The van der Waals surface area contributed by atoms with Crippen LogP contribution in [0.2, 0.25) is 0 Å². The quantitative estimate of drug-likeness (QED) is 0.560. The minimum Gasteiger partial charge on any atom is -0.481 e. The molecule has 0 aromatic carbocycles. The van der Waals surface area contributed by atoms with Gasteiger partial charge in [-0.2, -0.15) is 4.98 Å². The highest BCUT2D eigenvalue weighted by molar-refractivity contribution is 5.57. The van der Waals surface area contributed by atoms with Crippen molar-refractivity contribution in [1.29, 1.82) is 0 Å². The average molecular weight is 393 g/mol. The van der Waals surface area contributed by atoms with Crippen molar-refractivity contribution in [3.8, 4) is 5.88 Å². The summed E-state index contributed by atoms with van der Waals surface area (Å²) in [5.74, 6) is 0.676. The van der Waals surface area contributed by atoms with E-state index >= 15 is 0 Å². The topological polar surface area (TPSA) is 89.8 Å². The van der Waals surface area contributed by atoms with Crippen LogP contribution in [-0.4, -0.2) is 59.3 Å². The summed E-state index contributed by atoms with van der Waals surface area (Å²) in [5, 5.41) is 14.6. The summed E-state index contributed by atoms with van der Waals surface area (Å²) in [6.45, 7) is 7.21. The average Bonchev–Trinajstić information content (AvgIpc) is 2.70. The summed E-state index contributed by atoms with van der Waals surface area (Å²) >= 11 is 0. The standard InChI is InChI=1S/C20H32N4O4/c1-4-28-16-7-11-20(2,12-8-16)23-13-9-15(10-14-23)21-19-17(24(25)26)5-6-18(22-19)27-3/h5-6,15-16H,4,7-14H2,1-3H3,(H,21,22). The minimum atomic E-state index is -0.401. The zero-order chi connectivity index (χ0) is 20.1. The third kappa shape index (κ3) is 4.72. The van der Waals surface area contributed by atoms with Crippen LogP contribution < -0.4 is 10.1 Å². The lowest BCUT2D eigenvalue weighted by Crippen LogP contribution is -2.53. The Morgan fingerprint density at radius 3 is 2.54 bits per heavy atom.